The molecular formula is C19H21ClN4O2. The Hall–Kier alpha value is -2.86. The van der Waals surface area contributed by atoms with Crippen molar-refractivity contribution in [3.8, 4) is 0 Å². The van der Waals surface area contributed by atoms with Crippen LogP contribution in [0.3, 0.4) is 0 Å². The summed E-state index contributed by atoms with van der Waals surface area (Å²) >= 11 is 6.02. The number of hydrogen-bond donors (Lipinski definition) is 3. The molecule has 2 rings (SSSR count). The van der Waals surface area contributed by atoms with Gasteiger partial charge in [0.2, 0.25) is 11.8 Å². The third-order valence-corrected chi connectivity index (χ3v) is 4.21. The van der Waals surface area contributed by atoms with E-state index in [1.807, 2.05) is 19.1 Å². The van der Waals surface area contributed by atoms with Crippen LogP contribution in [-0.2, 0) is 9.59 Å². The SMILES string of the molecule is C/C(=N\NC(=O)CCC(=O)Nc1cccc(Cl)c1C)c1ccc(N)cc1. The predicted octanol–water partition coefficient (Wildman–Crippen LogP) is 3.49. The molecule has 2 aromatic rings. The Bertz CT molecular complexity index is 832. The molecule has 0 aliphatic carbocycles. The number of benzene rings is 2. The van der Waals surface area contributed by atoms with Gasteiger partial charge in [0.15, 0.2) is 0 Å². The van der Waals surface area contributed by atoms with Gasteiger partial charge in [0, 0.05) is 29.2 Å². The van der Waals surface area contributed by atoms with E-state index < -0.39 is 0 Å². The largest absolute Gasteiger partial charge is 0.399 e. The van der Waals surface area contributed by atoms with Gasteiger partial charge in [0.1, 0.15) is 0 Å². The Kier molecular flexibility index (Phi) is 6.74. The van der Waals surface area contributed by atoms with E-state index in [1.165, 1.54) is 0 Å². The first kappa shape index (κ1) is 19.5. The second kappa shape index (κ2) is 9.01. The summed E-state index contributed by atoms with van der Waals surface area (Å²) in [6, 6.07) is 12.4. The van der Waals surface area contributed by atoms with E-state index in [2.05, 4.69) is 15.8 Å². The highest BCUT2D eigenvalue weighted by molar-refractivity contribution is 6.31. The van der Waals surface area contributed by atoms with Crippen molar-refractivity contribution in [2.45, 2.75) is 26.7 Å². The van der Waals surface area contributed by atoms with E-state index >= 15 is 0 Å². The van der Waals surface area contributed by atoms with Gasteiger partial charge in [-0.3, -0.25) is 9.59 Å². The van der Waals surface area contributed by atoms with E-state index in [1.54, 1.807) is 37.3 Å². The molecule has 0 radical (unpaired) electrons. The van der Waals surface area contributed by atoms with Crippen molar-refractivity contribution in [3.63, 3.8) is 0 Å². The molecule has 0 saturated heterocycles. The Morgan fingerprint density at radius 3 is 2.42 bits per heavy atom. The lowest BCUT2D eigenvalue weighted by molar-refractivity contribution is -0.124. The van der Waals surface area contributed by atoms with Gasteiger partial charge < -0.3 is 11.1 Å². The molecule has 0 atom stereocenters. The van der Waals surface area contributed by atoms with Crippen LogP contribution in [0, 0.1) is 6.92 Å². The van der Waals surface area contributed by atoms with E-state index in [-0.39, 0.29) is 24.7 Å². The van der Waals surface area contributed by atoms with Crippen molar-refractivity contribution in [1.82, 2.24) is 5.43 Å². The smallest absolute Gasteiger partial charge is 0.240 e. The minimum Gasteiger partial charge on any atom is -0.399 e. The van der Waals surface area contributed by atoms with Crippen molar-refractivity contribution in [3.05, 3.63) is 58.6 Å². The Balaban J connectivity index is 1.82. The van der Waals surface area contributed by atoms with Crippen LogP contribution >= 0.6 is 11.6 Å². The standard InChI is InChI=1S/C19H21ClN4O2/c1-12-16(20)4-3-5-17(12)22-18(25)10-11-19(26)24-23-13(2)14-6-8-15(21)9-7-14/h3-9H,10-11,21H2,1-2H3,(H,22,25)(H,24,26)/b23-13+. The van der Waals surface area contributed by atoms with Crippen LogP contribution in [0.2, 0.25) is 5.02 Å². The Morgan fingerprint density at radius 1 is 1.08 bits per heavy atom. The second-order valence-electron chi connectivity index (χ2n) is 5.81. The van der Waals surface area contributed by atoms with Crippen LogP contribution in [0.1, 0.15) is 30.9 Å². The first-order valence-corrected chi connectivity index (χ1v) is 8.48. The van der Waals surface area contributed by atoms with Gasteiger partial charge in [-0.05, 0) is 49.2 Å². The quantitative estimate of drug-likeness (QED) is 0.411. The number of anilines is 2. The molecule has 0 fully saturated rings. The molecule has 0 aromatic heterocycles. The molecule has 2 amide bonds. The Morgan fingerprint density at radius 2 is 1.73 bits per heavy atom. The molecule has 7 heteroatoms. The minimum atomic E-state index is -0.335. The van der Waals surface area contributed by atoms with Crippen LogP contribution in [0.4, 0.5) is 11.4 Å². The molecule has 0 bridgehead atoms. The second-order valence-corrected chi connectivity index (χ2v) is 6.22. The first-order chi connectivity index (χ1) is 12.4. The number of hydrogen-bond acceptors (Lipinski definition) is 4. The summed E-state index contributed by atoms with van der Waals surface area (Å²) in [5.41, 5.74) is 11.7. The van der Waals surface area contributed by atoms with Gasteiger partial charge in [0.25, 0.3) is 0 Å². The summed E-state index contributed by atoms with van der Waals surface area (Å²) in [6.45, 7) is 3.60. The summed E-state index contributed by atoms with van der Waals surface area (Å²) < 4.78 is 0. The molecule has 0 saturated carbocycles. The maximum Gasteiger partial charge on any atom is 0.240 e. The summed E-state index contributed by atoms with van der Waals surface area (Å²) in [5, 5.41) is 7.37. The van der Waals surface area contributed by atoms with Gasteiger partial charge in [0.05, 0.1) is 5.71 Å². The summed E-state index contributed by atoms with van der Waals surface area (Å²) in [4.78, 5) is 23.9. The zero-order chi connectivity index (χ0) is 19.1. The molecule has 0 aliphatic heterocycles. The van der Waals surface area contributed by atoms with Crippen LogP contribution < -0.4 is 16.5 Å². The lowest BCUT2D eigenvalue weighted by atomic mass is 10.1. The molecule has 0 heterocycles. The fraction of sp³-hybridized carbons (Fsp3) is 0.211. The lowest BCUT2D eigenvalue weighted by Gasteiger charge is -2.09. The summed E-state index contributed by atoms with van der Waals surface area (Å²) in [6.07, 6.45) is 0.0815. The third kappa shape index (κ3) is 5.60. The lowest BCUT2D eigenvalue weighted by Crippen LogP contribution is -2.22. The van der Waals surface area contributed by atoms with Crippen LogP contribution in [0.5, 0.6) is 0 Å². The molecule has 6 nitrogen and oxygen atoms in total. The van der Waals surface area contributed by atoms with Crippen molar-refractivity contribution >= 4 is 40.5 Å². The summed E-state index contributed by atoms with van der Waals surface area (Å²) in [5.74, 6) is -0.595. The van der Waals surface area contributed by atoms with Gasteiger partial charge in [-0.2, -0.15) is 5.10 Å². The highest BCUT2D eigenvalue weighted by atomic mass is 35.5. The normalized spacial score (nSPS) is 11.1. The van der Waals surface area contributed by atoms with Crippen molar-refractivity contribution in [2.24, 2.45) is 5.10 Å². The van der Waals surface area contributed by atoms with Gasteiger partial charge in [-0.1, -0.05) is 29.8 Å². The number of rotatable bonds is 6. The predicted molar refractivity (Wildman–Crippen MR) is 105 cm³/mol. The average molecular weight is 373 g/mol. The average Bonchev–Trinajstić information content (AvgIpc) is 2.62. The van der Waals surface area contributed by atoms with Crippen molar-refractivity contribution < 1.29 is 9.59 Å². The summed E-state index contributed by atoms with van der Waals surface area (Å²) in [7, 11) is 0. The van der Waals surface area contributed by atoms with Crippen molar-refractivity contribution in [2.75, 3.05) is 11.1 Å². The monoisotopic (exact) mass is 372 g/mol. The number of carbonyl (C=O) groups excluding carboxylic acids is 2. The number of halogens is 1. The minimum absolute atomic E-state index is 0.0317. The van der Waals surface area contributed by atoms with Crippen LogP contribution in [0.25, 0.3) is 0 Å². The first-order valence-electron chi connectivity index (χ1n) is 8.11. The van der Waals surface area contributed by atoms with Gasteiger partial charge in [-0.15, -0.1) is 0 Å². The van der Waals surface area contributed by atoms with Crippen LogP contribution in [0.15, 0.2) is 47.6 Å². The number of carbonyl (C=O) groups is 2. The molecule has 26 heavy (non-hydrogen) atoms. The van der Waals surface area contributed by atoms with Crippen LogP contribution in [-0.4, -0.2) is 17.5 Å². The molecule has 0 aliphatic rings. The van der Waals surface area contributed by atoms with Gasteiger partial charge >= 0.3 is 0 Å². The molecule has 2 aromatic carbocycles. The molecule has 4 N–H and O–H groups in total. The fourth-order valence-corrected chi connectivity index (χ4v) is 2.35. The van der Waals surface area contributed by atoms with Gasteiger partial charge in [-0.25, -0.2) is 5.43 Å². The van der Waals surface area contributed by atoms with E-state index in [0.29, 0.717) is 22.1 Å². The van der Waals surface area contributed by atoms with E-state index in [4.69, 9.17) is 17.3 Å². The molecule has 136 valence electrons. The maximum absolute atomic E-state index is 12.0. The maximum atomic E-state index is 12.0. The highest BCUT2D eigenvalue weighted by Gasteiger charge is 2.09. The Labute approximate surface area is 157 Å². The van der Waals surface area contributed by atoms with Crippen molar-refractivity contribution in [1.29, 1.82) is 0 Å². The number of amides is 2. The van der Waals surface area contributed by atoms with E-state index in [0.717, 1.165) is 11.1 Å². The number of nitrogens with one attached hydrogen (secondary N) is 2. The number of nitrogen functional groups attached to an aromatic ring is 1. The zero-order valence-electron chi connectivity index (χ0n) is 14.7. The van der Waals surface area contributed by atoms with E-state index in [9.17, 15) is 9.59 Å². The third-order valence-electron chi connectivity index (χ3n) is 3.80. The number of hydrazone groups is 1. The molecule has 0 spiro atoms. The molecular weight excluding hydrogens is 352 g/mol. The number of nitrogens with zero attached hydrogens (tertiary/aromatic N) is 1. The fourth-order valence-electron chi connectivity index (χ4n) is 2.17. The zero-order valence-corrected chi connectivity index (χ0v) is 15.4. The number of nitrogens with two attached hydrogens (primary N) is 1. The highest BCUT2D eigenvalue weighted by Crippen LogP contribution is 2.23. The molecule has 0 unspecified atom stereocenters. The topological polar surface area (TPSA) is 96.6 Å².